The van der Waals surface area contributed by atoms with Crippen LogP contribution in [0.2, 0.25) is 0 Å². The average Bonchev–Trinajstić information content (AvgIpc) is 2.74. The van der Waals surface area contributed by atoms with E-state index in [1.807, 2.05) is 18.2 Å². The summed E-state index contributed by atoms with van der Waals surface area (Å²) in [5.74, 6) is 0.976. The van der Waals surface area contributed by atoms with Gasteiger partial charge < -0.3 is 14.8 Å². The fourth-order valence-electron chi connectivity index (χ4n) is 2.42. The predicted octanol–water partition coefficient (Wildman–Crippen LogP) is 2.49. The van der Waals surface area contributed by atoms with Gasteiger partial charge in [0.15, 0.2) is 11.5 Å². The lowest BCUT2D eigenvalue weighted by atomic mass is 10.1. The van der Waals surface area contributed by atoms with Crippen LogP contribution in [0, 0.1) is 22.7 Å². The van der Waals surface area contributed by atoms with Crippen LogP contribution in [-0.2, 0) is 6.42 Å². The Morgan fingerprint density at radius 3 is 2.46 bits per heavy atom. The fraction of sp³-hybridized carbons (Fsp3) is 0.200. The van der Waals surface area contributed by atoms with E-state index >= 15 is 0 Å². The van der Waals surface area contributed by atoms with E-state index < -0.39 is 0 Å². The van der Waals surface area contributed by atoms with Gasteiger partial charge in [0, 0.05) is 6.54 Å². The van der Waals surface area contributed by atoms with Gasteiger partial charge in [0.2, 0.25) is 5.71 Å². The lowest BCUT2D eigenvalue weighted by Crippen LogP contribution is -2.26. The molecule has 0 aliphatic rings. The second-order valence-corrected chi connectivity index (χ2v) is 5.54. The zero-order valence-electron chi connectivity index (χ0n) is 15.5. The number of benzene rings is 2. The number of hydrazone groups is 1. The van der Waals surface area contributed by atoms with E-state index in [-0.39, 0.29) is 11.6 Å². The molecule has 2 aromatic carbocycles. The number of methoxy groups -OCH3 is 2. The molecule has 1 amide bonds. The lowest BCUT2D eigenvalue weighted by Gasteiger charge is -2.11. The summed E-state index contributed by atoms with van der Waals surface area (Å²) in [4.78, 5) is 12.5. The van der Waals surface area contributed by atoms with Crippen molar-refractivity contribution in [3.05, 3.63) is 53.6 Å². The number of carbonyl (C=O) groups is 1. The van der Waals surface area contributed by atoms with Crippen LogP contribution >= 0.6 is 0 Å². The Kier molecular flexibility index (Phi) is 7.38. The molecule has 0 aliphatic carbocycles. The summed E-state index contributed by atoms with van der Waals surface area (Å²) in [5.41, 5.74) is 3.99. The SMILES string of the molecule is COc1ccc(CCNC(=O)c2ccccc2NN=C(C#N)C#N)cc1OC. The van der Waals surface area contributed by atoms with Crippen LogP contribution in [0.3, 0.4) is 0 Å². The Hall–Kier alpha value is -4.04. The van der Waals surface area contributed by atoms with Crippen LogP contribution in [0.5, 0.6) is 11.5 Å². The van der Waals surface area contributed by atoms with E-state index in [2.05, 4.69) is 15.8 Å². The summed E-state index contributed by atoms with van der Waals surface area (Å²) < 4.78 is 10.5. The van der Waals surface area contributed by atoms with Crippen molar-refractivity contribution in [1.29, 1.82) is 10.5 Å². The molecule has 0 saturated carbocycles. The molecule has 0 radical (unpaired) electrons. The number of rotatable bonds is 8. The number of nitriles is 2. The molecule has 2 N–H and O–H groups in total. The molecule has 0 aliphatic heterocycles. The van der Waals surface area contributed by atoms with Crippen molar-refractivity contribution in [3.63, 3.8) is 0 Å². The highest BCUT2D eigenvalue weighted by molar-refractivity contribution is 6.10. The minimum atomic E-state index is -0.330. The first-order valence-corrected chi connectivity index (χ1v) is 8.35. The van der Waals surface area contributed by atoms with E-state index in [1.54, 1.807) is 50.6 Å². The fourth-order valence-corrected chi connectivity index (χ4v) is 2.42. The third-order valence-electron chi connectivity index (χ3n) is 3.82. The van der Waals surface area contributed by atoms with Gasteiger partial charge in [-0.15, -0.1) is 0 Å². The number of hydrogen-bond acceptors (Lipinski definition) is 7. The van der Waals surface area contributed by atoms with E-state index in [1.165, 1.54) is 0 Å². The monoisotopic (exact) mass is 377 g/mol. The second kappa shape index (κ2) is 10.2. The summed E-state index contributed by atoms with van der Waals surface area (Å²) in [5, 5.41) is 24.0. The number of anilines is 1. The Labute approximate surface area is 163 Å². The molecule has 2 aromatic rings. The minimum absolute atomic E-state index is 0.297. The van der Waals surface area contributed by atoms with E-state index in [9.17, 15) is 4.79 Å². The van der Waals surface area contributed by atoms with Gasteiger partial charge in [0.1, 0.15) is 12.1 Å². The standard InChI is InChI=1S/C20H19N5O3/c1-27-18-8-7-14(11-19(18)28-2)9-10-23-20(26)16-5-3-4-6-17(16)25-24-15(12-21)13-22/h3-8,11,25H,9-10H2,1-2H3,(H,23,26). The van der Waals surface area contributed by atoms with Crippen LogP contribution in [-0.4, -0.2) is 32.4 Å². The van der Waals surface area contributed by atoms with Crippen molar-refractivity contribution in [3.8, 4) is 23.6 Å². The molecule has 2 rings (SSSR count). The molecule has 8 heteroatoms. The number of ether oxygens (including phenoxy) is 2. The zero-order chi connectivity index (χ0) is 20.4. The number of nitrogens with zero attached hydrogens (tertiary/aromatic N) is 3. The summed E-state index contributed by atoms with van der Waals surface area (Å²) in [6.45, 7) is 0.410. The van der Waals surface area contributed by atoms with Gasteiger partial charge >= 0.3 is 0 Å². The lowest BCUT2D eigenvalue weighted by molar-refractivity contribution is 0.0955. The Morgan fingerprint density at radius 1 is 1.07 bits per heavy atom. The molecule has 0 unspecified atom stereocenters. The van der Waals surface area contributed by atoms with Crippen LogP contribution in [0.25, 0.3) is 0 Å². The van der Waals surface area contributed by atoms with Crippen molar-refractivity contribution >= 4 is 17.3 Å². The molecule has 0 aromatic heterocycles. The van der Waals surface area contributed by atoms with Crippen LogP contribution in [0.1, 0.15) is 15.9 Å². The largest absolute Gasteiger partial charge is 0.493 e. The Balaban J connectivity index is 2.02. The van der Waals surface area contributed by atoms with Crippen LogP contribution < -0.4 is 20.2 Å². The van der Waals surface area contributed by atoms with E-state index in [4.69, 9.17) is 20.0 Å². The number of nitrogens with one attached hydrogen (secondary N) is 2. The van der Waals surface area contributed by atoms with Crippen molar-refractivity contribution < 1.29 is 14.3 Å². The summed E-state index contributed by atoms with van der Waals surface area (Å²) in [6.07, 6.45) is 0.604. The molecule has 8 nitrogen and oxygen atoms in total. The summed E-state index contributed by atoms with van der Waals surface area (Å²) >= 11 is 0. The number of amides is 1. The minimum Gasteiger partial charge on any atom is -0.493 e. The third kappa shape index (κ3) is 5.23. The predicted molar refractivity (Wildman–Crippen MR) is 104 cm³/mol. The summed E-state index contributed by atoms with van der Waals surface area (Å²) in [7, 11) is 3.14. The van der Waals surface area contributed by atoms with Gasteiger partial charge in [0.05, 0.1) is 25.5 Å². The molecule has 0 fully saturated rings. The highest BCUT2D eigenvalue weighted by atomic mass is 16.5. The highest BCUT2D eigenvalue weighted by Gasteiger charge is 2.11. The van der Waals surface area contributed by atoms with Gasteiger partial charge in [-0.1, -0.05) is 18.2 Å². The van der Waals surface area contributed by atoms with Crippen molar-refractivity contribution in [1.82, 2.24) is 5.32 Å². The van der Waals surface area contributed by atoms with E-state index in [0.29, 0.717) is 35.7 Å². The molecule has 0 bridgehead atoms. The third-order valence-corrected chi connectivity index (χ3v) is 3.82. The molecule has 0 heterocycles. The normalized spacial score (nSPS) is 9.43. The molecule has 142 valence electrons. The average molecular weight is 377 g/mol. The number of hydrogen-bond donors (Lipinski definition) is 2. The van der Waals surface area contributed by atoms with E-state index in [0.717, 1.165) is 5.56 Å². The first-order valence-electron chi connectivity index (χ1n) is 8.35. The van der Waals surface area contributed by atoms with Gasteiger partial charge in [-0.05, 0) is 36.2 Å². The number of para-hydroxylation sites is 1. The maximum atomic E-state index is 12.5. The van der Waals surface area contributed by atoms with Gasteiger partial charge in [-0.3, -0.25) is 10.2 Å². The maximum Gasteiger partial charge on any atom is 0.253 e. The highest BCUT2D eigenvalue weighted by Crippen LogP contribution is 2.27. The maximum absolute atomic E-state index is 12.5. The van der Waals surface area contributed by atoms with Gasteiger partial charge in [0.25, 0.3) is 5.91 Å². The molecule has 0 spiro atoms. The van der Waals surface area contributed by atoms with Crippen LogP contribution in [0.4, 0.5) is 5.69 Å². The van der Waals surface area contributed by atoms with Gasteiger partial charge in [-0.25, -0.2) is 0 Å². The molecule has 0 saturated heterocycles. The Bertz CT molecular complexity index is 941. The first kappa shape index (κ1) is 20.3. The number of carbonyl (C=O) groups excluding carboxylic acids is 1. The quantitative estimate of drug-likeness (QED) is 0.539. The second-order valence-electron chi connectivity index (χ2n) is 5.54. The molecular formula is C20H19N5O3. The van der Waals surface area contributed by atoms with Crippen molar-refractivity contribution in [2.24, 2.45) is 5.10 Å². The molecule has 0 atom stereocenters. The topological polar surface area (TPSA) is 120 Å². The van der Waals surface area contributed by atoms with Crippen LogP contribution in [0.15, 0.2) is 47.6 Å². The molecule has 28 heavy (non-hydrogen) atoms. The van der Waals surface area contributed by atoms with Crippen molar-refractivity contribution in [2.75, 3.05) is 26.2 Å². The molecular weight excluding hydrogens is 358 g/mol. The Morgan fingerprint density at radius 2 is 1.79 bits per heavy atom. The summed E-state index contributed by atoms with van der Waals surface area (Å²) in [6, 6.07) is 15.6. The first-order chi connectivity index (χ1) is 13.6. The smallest absolute Gasteiger partial charge is 0.253 e. The van der Waals surface area contributed by atoms with Gasteiger partial charge in [-0.2, -0.15) is 15.6 Å². The zero-order valence-corrected chi connectivity index (χ0v) is 15.5. The van der Waals surface area contributed by atoms with Crippen molar-refractivity contribution in [2.45, 2.75) is 6.42 Å².